The van der Waals surface area contributed by atoms with Gasteiger partial charge in [0.15, 0.2) is 0 Å². The molecular formula is C13H13FN2O. The van der Waals surface area contributed by atoms with Crippen LogP contribution in [-0.4, -0.2) is 5.91 Å². The standard InChI is InChI=1S/C13H13FN2O/c1-13(2)6-9(13)12(17)16-11-5-3-4-10(14)8(11)7-15/h3-5,9H,6H2,1-2H3,(H,16,17). The van der Waals surface area contributed by atoms with Crippen LogP contribution in [0.1, 0.15) is 25.8 Å². The monoisotopic (exact) mass is 232 g/mol. The summed E-state index contributed by atoms with van der Waals surface area (Å²) in [6, 6.07) is 5.98. The molecule has 1 aromatic carbocycles. The lowest BCUT2D eigenvalue weighted by Crippen LogP contribution is -2.17. The lowest BCUT2D eigenvalue weighted by molar-refractivity contribution is -0.118. The van der Waals surface area contributed by atoms with Crippen molar-refractivity contribution in [3.63, 3.8) is 0 Å². The van der Waals surface area contributed by atoms with Crippen LogP contribution < -0.4 is 5.32 Å². The van der Waals surface area contributed by atoms with Crippen molar-refractivity contribution in [2.24, 2.45) is 11.3 Å². The fourth-order valence-electron chi connectivity index (χ4n) is 1.88. The molecule has 0 saturated heterocycles. The minimum Gasteiger partial charge on any atom is -0.325 e. The number of amides is 1. The summed E-state index contributed by atoms with van der Waals surface area (Å²) in [5.41, 5.74) is 0.157. The van der Waals surface area contributed by atoms with E-state index in [-0.39, 0.29) is 28.5 Å². The fourth-order valence-corrected chi connectivity index (χ4v) is 1.88. The molecule has 0 radical (unpaired) electrons. The van der Waals surface area contributed by atoms with E-state index in [0.717, 1.165) is 6.42 Å². The lowest BCUT2D eigenvalue weighted by atomic mass is 10.1. The van der Waals surface area contributed by atoms with E-state index in [0.29, 0.717) is 0 Å². The average Bonchev–Trinajstić information content (AvgIpc) is 2.88. The summed E-state index contributed by atoms with van der Waals surface area (Å²) in [5, 5.41) is 11.4. The quantitative estimate of drug-likeness (QED) is 0.852. The van der Waals surface area contributed by atoms with E-state index in [9.17, 15) is 9.18 Å². The number of hydrogen-bond acceptors (Lipinski definition) is 2. The van der Waals surface area contributed by atoms with Gasteiger partial charge in [0.1, 0.15) is 17.4 Å². The van der Waals surface area contributed by atoms with Crippen LogP contribution in [0.15, 0.2) is 18.2 Å². The minimum atomic E-state index is -0.611. The second kappa shape index (κ2) is 3.85. The van der Waals surface area contributed by atoms with Gasteiger partial charge in [0.05, 0.1) is 5.69 Å². The topological polar surface area (TPSA) is 52.9 Å². The summed E-state index contributed by atoms with van der Waals surface area (Å²) in [7, 11) is 0. The SMILES string of the molecule is CC1(C)CC1C(=O)Nc1cccc(F)c1C#N. The lowest BCUT2D eigenvalue weighted by Gasteiger charge is -2.08. The van der Waals surface area contributed by atoms with Gasteiger partial charge in [-0.25, -0.2) is 4.39 Å². The Labute approximate surface area is 99.2 Å². The van der Waals surface area contributed by atoms with Crippen LogP contribution in [0.3, 0.4) is 0 Å². The predicted octanol–water partition coefficient (Wildman–Crippen LogP) is 2.68. The van der Waals surface area contributed by atoms with Crippen molar-refractivity contribution in [3.05, 3.63) is 29.6 Å². The van der Waals surface area contributed by atoms with Crippen LogP contribution in [0.5, 0.6) is 0 Å². The van der Waals surface area contributed by atoms with Crippen LogP contribution in [0, 0.1) is 28.5 Å². The summed E-state index contributed by atoms with van der Waals surface area (Å²) in [5.74, 6) is -0.797. The van der Waals surface area contributed by atoms with Gasteiger partial charge in [-0.3, -0.25) is 4.79 Å². The Hall–Kier alpha value is -1.89. The highest BCUT2D eigenvalue weighted by atomic mass is 19.1. The van der Waals surface area contributed by atoms with E-state index in [1.807, 2.05) is 13.8 Å². The Morgan fingerprint density at radius 3 is 2.76 bits per heavy atom. The molecule has 1 aromatic rings. The van der Waals surface area contributed by atoms with Crippen molar-refractivity contribution >= 4 is 11.6 Å². The normalized spacial score (nSPS) is 20.5. The molecule has 17 heavy (non-hydrogen) atoms. The van der Waals surface area contributed by atoms with Gasteiger partial charge in [0.25, 0.3) is 0 Å². The largest absolute Gasteiger partial charge is 0.325 e. The zero-order chi connectivity index (χ0) is 12.6. The van der Waals surface area contributed by atoms with Gasteiger partial charge < -0.3 is 5.32 Å². The molecule has 1 aliphatic rings. The maximum absolute atomic E-state index is 13.3. The average molecular weight is 232 g/mol. The van der Waals surface area contributed by atoms with Gasteiger partial charge in [-0.1, -0.05) is 19.9 Å². The number of benzene rings is 1. The number of hydrogen-bond donors (Lipinski definition) is 1. The Balaban J connectivity index is 2.18. The van der Waals surface area contributed by atoms with Crippen LogP contribution in [0.2, 0.25) is 0 Å². The second-order valence-electron chi connectivity index (χ2n) is 5.01. The molecule has 4 heteroatoms. The Kier molecular flexibility index (Phi) is 2.62. The molecular weight excluding hydrogens is 219 g/mol. The van der Waals surface area contributed by atoms with Gasteiger partial charge in [-0.15, -0.1) is 0 Å². The molecule has 1 aliphatic carbocycles. The first kappa shape index (κ1) is 11.6. The van der Waals surface area contributed by atoms with E-state index in [1.54, 1.807) is 6.07 Å². The molecule has 0 aliphatic heterocycles. The molecule has 88 valence electrons. The predicted molar refractivity (Wildman–Crippen MR) is 61.6 cm³/mol. The van der Waals surface area contributed by atoms with E-state index >= 15 is 0 Å². The third-order valence-electron chi connectivity index (χ3n) is 3.21. The number of carbonyl (C=O) groups is 1. The molecule has 0 spiro atoms. The van der Waals surface area contributed by atoms with Crippen LogP contribution in [0.4, 0.5) is 10.1 Å². The summed E-state index contributed by atoms with van der Waals surface area (Å²) in [6.07, 6.45) is 0.829. The number of rotatable bonds is 2. The highest BCUT2D eigenvalue weighted by Crippen LogP contribution is 2.52. The van der Waals surface area contributed by atoms with Crippen molar-refractivity contribution in [2.45, 2.75) is 20.3 Å². The minimum absolute atomic E-state index is 0.0181. The summed E-state index contributed by atoms with van der Waals surface area (Å²) in [6.45, 7) is 4.02. The molecule has 0 bridgehead atoms. The number of halogens is 1. The van der Waals surface area contributed by atoms with Gasteiger partial charge in [0, 0.05) is 5.92 Å². The molecule has 3 nitrogen and oxygen atoms in total. The first-order valence-corrected chi connectivity index (χ1v) is 5.45. The third-order valence-corrected chi connectivity index (χ3v) is 3.21. The molecule has 0 heterocycles. The summed E-state index contributed by atoms with van der Waals surface area (Å²) in [4.78, 5) is 11.8. The van der Waals surface area contributed by atoms with Crippen LogP contribution in [-0.2, 0) is 4.79 Å². The molecule has 1 unspecified atom stereocenters. The van der Waals surface area contributed by atoms with Crippen molar-refractivity contribution in [1.82, 2.24) is 0 Å². The fraction of sp³-hybridized carbons (Fsp3) is 0.385. The first-order chi connectivity index (χ1) is 7.95. The van der Waals surface area contributed by atoms with E-state index in [4.69, 9.17) is 5.26 Å². The Bertz CT molecular complexity index is 517. The number of nitrogens with one attached hydrogen (secondary N) is 1. The molecule has 1 saturated carbocycles. The smallest absolute Gasteiger partial charge is 0.228 e. The molecule has 1 atom stereocenters. The van der Waals surface area contributed by atoms with E-state index in [1.165, 1.54) is 18.2 Å². The zero-order valence-electron chi connectivity index (χ0n) is 9.75. The summed E-state index contributed by atoms with van der Waals surface area (Å²) >= 11 is 0. The van der Waals surface area contributed by atoms with Crippen molar-refractivity contribution in [1.29, 1.82) is 5.26 Å². The molecule has 1 fully saturated rings. The molecule has 2 rings (SSSR count). The van der Waals surface area contributed by atoms with Crippen molar-refractivity contribution in [3.8, 4) is 6.07 Å². The first-order valence-electron chi connectivity index (χ1n) is 5.45. The molecule has 1 amide bonds. The summed E-state index contributed by atoms with van der Waals surface area (Å²) < 4.78 is 13.3. The van der Waals surface area contributed by atoms with Crippen molar-refractivity contribution < 1.29 is 9.18 Å². The Morgan fingerprint density at radius 1 is 1.59 bits per heavy atom. The van der Waals surface area contributed by atoms with Crippen LogP contribution in [0.25, 0.3) is 0 Å². The molecule has 0 aromatic heterocycles. The highest BCUT2D eigenvalue weighted by Gasteiger charge is 2.50. The van der Waals surface area contributed by atoms with Crippen LogP contribution >= 0.6 is 0 Å². The number of nitriles is 1. The van der Waals surface area contributed by atoms with Crippen molar-refractivity contribution in [2.75, 3.05) is 5.32 Å². The second-order valence-corrected chi connectivity index (χ2v) is 5.01. The number of nitrogens with zero attached hydrogens (tertiary/aromatic N) is 1. The zero-order valence-corrected chi connectivity index (χ0v) is 9.75. The van der Waals surface area contributed by atoms with Gasteiger partial charge in [-0.2, -0.15) is 5.26 Å². The maximum Gasteiger partial charge on any atom is 0.228 e. The third kappa shape index (κ3) is 2.14. The maximum atomic E-state index is 13.3. The van der Waals surface area contributed by atoms with Gasteiger partial charge >= 0.3 is 0 Å². The Morgan fingerprint density at radius 2 is 2.24 bits per heavy atom. The van der Waals surface area contributed by atoms with E-state index < -0.39 is 5.82 Å². The van der Waals surface area contributed by atoms with E-state index in [2.05, 4.69) is 5.32 Å². The van der Waals surface area contributed by atoms with Gasteiger partial charge in [0.2, 0.25) is 5.91 Å². The van der Waals surface area contributed by atoms with Gasteiger partial charge in [-0.05, 0) is 24.0 Å². The number of anilines is 1. The highest BCUT2D eigenvalue weighted by molar-refractivity contribution is 5.96. The number of carbonyl (C=O) groups excluding carboxylic acids is 1. The molecule has 1 N–H and O–H groups in total.